The number of aromatic nitrogens is 1. The highest BCUT2D eigenvalue weighted by Crippen LogP contribution is 2.30. The van der Waals surface area contributed by atoms with Gasteiger partial charge in [0.25, 0.3) is 0 Å². The Bertz CT molecular complexity index is 1750. The first-order chi connectivity index (χ1) is 21.8. The molecule has 0 fully saturated rings. The summed E-state index contributed by atoms with van der Waals surface area (Å²) in [5.74, 6) is 1.06. The van der Waals surface area contributed by atoms with E-state index in [1.54, 1.807) is 49.6 Å². The highest BCUT2D eigenvalue weighted by atomic mass is 35.5. The van der Waals surface area contributed by atoms with E-state index in [2.05, 4.69) is 10.3 Å². The number of methoxy groups -OCH3 is 1. The van der Waals surface area contributed by atoms with Gasteiger partial charge in [-0.1, -0.05) is 59.6 Å². The van der Waals surface area contributed by atoms with Gasteiger partial charge in [-0.3, -0.25) is 9.59 Å². The Kier molecular flexibility index (Phi) is 10.6. The Labute approximate surface area is 271 Å². The number of hydrogen-bond acceptors (Lipinski definition) is 6. The Hall–Kier alpha value is -4.50. The zero-order chi connectivity index (χ0) is 31.8. The van der Waals surface area contributed by atoms with Crippen molar-refractivity contribution < 1.29 is 23.8 Å². The van der Waals surface area contributed by atoms with Crippen LogP contribution < -0.4 is 25.3 Å². The molecule has 45 heavy (non-hydrogen) atoms. The van der Waals surface area contributed by atoms with E-state index < -0.39 is 12.0 Å². The number of benzene rings is 4. The van der Waals surface area contributed by atoms with E-state index in [4.69, 9.17) is 43.1 Å². The van der Waals surface area contributed by atoms with Gasteiger partial charge in [-0.2, -0.15) is 0 Å². The summed E-state index contributed by atoms with van der Waals surface area (Å²) in [5.41, 5.74) is 9.35. The van der Waals surface area contributed by atoms with Crippen LogP contribution in [0.1, 0.15) is 23.6 Å². The average molecular weight is 647 g/mol. The fourth-order valence-electron chi connectivity index (χ4n) is 5.09. The van der Waals surface area contributed by atoms with E-state index in [1.807, 2.05) is 54.7 Å². The second-order valence-electron chi connectivity index (χ2n) is 10.5. The second-order valence-corrected chi connectivity index (χ2v) is 11.3. The number of amides is 1. The number of halogens is 2. The molecule has 5 aromatic rings. The highest BCUT2D eigenvalue weighted by Gasteiger charge is 2.29. The van der Waals surface area contributed by atoms with E-state index in [9.17, 15) is 9.59 Å². The number of fused-ring (bicyclic) bond motifs is 1. The standard InChI is InChI=1S/C35H33Cl2N3O5/c1-43-33-9-5-2-6-22(33)10-15-34(42)40-20-30(35(38)29-19-39-31-8-4-3-7-28(29)31)32(41)21-44-25-11-13-26(14-12-25)45-27-17-23(36)16-24(37)18-27/h2-9,11-14,16-19,30,35,39H,10,15,20-21,38H2,1H3,(H,40,42). The number of Topliss-reactive ketones (excluding diaryl/α,β-unsaturated/α-hetero) is 1. The summed E-state index contributed by atoms with van der Waals surface area (Å²) in [6, 6.07) is 26.4. The van der Waals surface area contributed by atoms with Gasteiger partial charge in [0.15, 0.2) is 5.78 Å². The number of nitrogens with two attached hydrogens (primary N) is 1. The summed E-state index contributed by atoms with van der Waals surface area (Å²) in [6.45, 7) is -0.176. The molecule has 0 bridgehead atoms. The molecule has 232 valence electrons. The van der Waals surface area contributed by atoms with E-state index in [-0.39, 0.29) is 31.3 Å². The third-order valence-electron chi connectivity index (χ3n) is 7.44. The number of aromatic amines is 1. The molecule has 10 heteroatoms. The van der Waals surface area contributed by atoms with Crippen LogP contribution in [-0.4, -0.2) is 36.9 Å². The molecule has 2 atom stereocenters. The molecular weight excluding hydrogens is 613 g/mol. The largest absolute Gasteiger partial charge is 0.496 e. The molecule has 0 radical (unpaired) electrons. The number of para-hydroxylation sites is 2. The number of carbonyl (C=O) groups excluding carboxylic acids is 2. The van der Waals surface area contributed by atoms with Crippen LogP contribution in [-0.2, 0) is 16.0 Å². The topological polar surface area (TPSA) is 116 Å². The summed E-state index contributed by atoms with van der Waals surface area (Å²) in [5, 5.41) is 4.76. The van der Waals surface area contributed by atoms with Crippen molar-refractivity contribution in [2.75, 3.05) is 20.3 Å². The monoisotopic (exact) mass is 645 g/mol. The number of ether oxygens (including phenoxy) is 3. The Balaban J connectivity index is 1.24. The molecule has 0 saturated heterocycles. The first-order valence-electron chi connectivity index (χ1n) is 14.4. The maximum Gasteiger partial charge on any atom is 0.220 e. The number of ketones is 1. The molecule has 0 saturated carbocycles. The summed E-state index contributed by atoms with van der Waals surface area (Å²) in [6.07, 6.45) is 2.54. The highest BCUT2D eigenvalue weighted by molar-refractivity contribution is 6.34. The van der Waals surface area contributed by atoms with Gasteiger partial charge in [0.1, 0.15) is 29.6 Å². The molecule has 2 unspecified atom stereocenters. The smallest absolute Gasteiger partial charge is 0.220 e. The third kappa shape index (κ3) is 8.36. The molecular formula is C35H33Cl2N3O5. The number of nitrogens with one attached hydrogen (secondary N) is 2. The van der Waals surface area contributed by atoms with Crippen molar-refractivity contribution in [3.05, 3.63) is 118 Å². The lowest BCUT2D eigenvalue weighted by atomic mass is 9.90. The molecule has 0 aliphatic rings. The number of aryl methyl sites for hydroxylation is 1. The quantitative estimate of drug-likeness (QED) is 0.117. The van der Waals surface area contributed by atoms with Gasteiger partial charge in [-0.25, -0.2) is 0 Å². The van der Waals surface area contributed by atoms with Crippen LogP contribution in [0.4, 0.5) is 0 Å². The van der Waals surface area contributed by atoms with Crippen molar-refractivity contribution in [2.24, 2.45) is 11.7 Å². The van der Waals surface area contributed by atoms with Crippen LogP contribution in [0.2, 0.25) is 10.0 Å². The number of hydrogen-bond donors (Lipinski definition) is 3. The SMILES string of the molecule is COc1ccccc1CCC(=O)NCC(C(=O)COc1ccc(Oc2cc(Cl)cc(Cl)c2)cc1)C(N)c1c[nH]c2ccccc12. The minimum atomic E-state index is -0.741. The summed E-state index contributed by atoms with van der Waals surface area (Å²) in [7, 11) is 1.60. The molecule has 1 heterocycles. The van der Waals surface area contributed by atoms with Gasteiger partial charge < -0.3 is 30.2 Å². The van der Waals surface area contributed by atoms with Crippen molar-refractivity contribution >= 4 is 45.8 Å². The fourth-order valence-corrected chi connectivity index (χ4v) is 5.59. The molecule has 4 aromatic carbocycles. The molecule has 8 nitrogen and oxygen atoms in total. The van der Waals surface area contributed by atoms with Crippen molar-refractivity contribution in [1.82, 2.24) is 10.3 Å². The van der Waals surface area contributed by atoms with Crippen molar-refractivity contribution in [3.8, 4) is 23.0 Å². The van der Waals surface area contributed by atoms with Crippen LogP contribution in [0.25, 0.3) is 10.9 Å². The molecule has 1 amide bonds. The Morgan fingerprint density at radius 1 is 0.889 bits per heavy atom. The van der Waals surface area contributed by atoms with E-state index in [0.717, 1.165) is 27.8 Å². The van der Waals surface area contributed by atoms with Gasteiger partial charge in [0.05, 0.1) is 13.0 Å². The van der Waals surface area contributed by atoms with E-state index in [0.29, 0.717) is 33.7 Å². The zero-order valence-electron chi connectivity index (χ0n) is 24.6. The van der Waals surface area contributed by atoms with Crippen molar-refractivity contribution in [2.45, 2.75) is 18.9 Å². The van der Waals surface area contributed by atoms with Crippen LogP contribution >= 0.6 is 23.2 Å². The zero-order valence-corrected chi connectivity index (χ0v) is 26.1. The molecule has 1 aromatic heterocycles. The van der Waals surface area contributed by atoms with Crippen LogP contribution in [0, 0.1) is 5.92 Å². The first-order valence-corrected chi connectivity index (χ1v) is 15.2. The lowest BCUT2D eigenvalue weighted by Gasteiger charge is -2.23. The van der Waals surface area contributed by atoms with E-state index in [1.165, 1.54) is 0 Å². The predicted octanol–water partition coefficient (Wildman–Crippen LogP) is 7.29. The van der Waals surface area contributed by atoms with Gasteiger partial charge >= 0.3 is 0 Å². The normalized spacial score (nSPS) is 12.4. The maximum atomic E-state index is 13.6. The van der Waals surface area contributed by atoms with Gasteiger partial charge in [0, 0.05) is 46.2 Å². The molecule has 0 aliphatic carbocycles. The summed E-state index contributed by atoms with van der Waals surface area (Å²) < 4.78 is 17.1. The van der Waals surface area contributed by atoms with Crippen LogP contribution in [0.15, 0.2) is 97.2 Å². The van der Waals surface area contributed by atoms with E-state index >= 15 is 0 Å². The molecule has 5 rings (SSSR count). The van der Waals surface area contributed by atoms with Gasteiger partial charge in [-0.15, -0.1) is 0 Å². The molecule has 0 spiro atoms. The van der Waals surface area contributed by atoms with Crippen LogP contribution in [0.3, 0.4) is 0 Å². The van der Waals surface area contributed by atoms with Crippen LogP contribution in [0.5, 0.6) is 23.0 Å². The minimum absolute atomic E-state index is 0.0581. The summed E-state index contributed by atoms with van der Waals surface area (Å²) in [4.78, 5) is 29.7. The first kappa shape index (κ1) is 31.9. The lowest BCUT2D eigenvalue weighted by Crippen LogP contribution is -2.40. The van der Waals surface area contributed by atoms with Crippen molar-refractivity contribution in [1.29, 1.82) is 0 Å². The average Bonchev–Trinajstić information content (AvgIpc) is 3.47. The van der Waals surface area contributed by atoms with Gasteiger partial charge in [-0.05, 0) is 72.1 Å². The van der Waals surface area contributed by atoms with Crippen molar-refractivity contribution in [3.63, 3.8) is 0 Å². The second kappa shape index (κ2) is 15.0. The molecule has 4 N–H and O–H groups in total. The minimum Gasteiger partial charge on any atom is -0.496 e. The Morgan fingerprint density at radius 3 is 2.33 bits per heavy atom. The number of H-pyrrole nitrogens is 1. The predicted molar refractivity (Wildman–Crippen MR) is 177 cm³/mol. The third-order valence-corrected chi connectivity index (χ3v) is 7.87. The maximum absolute atomic E-state index is 13.6. The fraction of sp³-hybridized carbons (Fsp3) is 0.200. The summed E-state index contributed by atoms with van der Waals surface area (Å²) >= 11 is 12.1. The number of carbonyl (C=O) groups is 2. The number of rotatable bonds is 14. The van der Waals surface area contributed by atoms with Gasteiger partial charge in [0.2, 0.25) is 5.91 Å². The lowest BCUT2D eigenvalue weighted by molar-refractivity contribution is -0.126. The Morgan fingerprint density at radius 2 is 1.58 bits per heavy atom. The molecule has 0 aliphatic heterocycles.